The van der Waals surface area contributed by atoms with Crippen molar-refractivity contribution in [2.24, 2.45) is 0 Å². The van der Waals surface area contributed by atoms with Crippen LogP contribution in [-0.2, 0) is 6.42 Å². The first-order valence-corrected chi connectivity index (χ1v) is 9.95. The average Bonchev–Trinajstić information content (AvgIpc) is 3.28. The zero-order valence-electron chi connectivity index (χ0n) is 13.5. The number of quaternary nitrogens is 1. The van der Waals surface area contributed by atoms with E-state index < -0.39 is 0 Å². The van der Waals surface area contributed by atoms with E-state index in [1.165, 1.54) is 23.3 Å². The molecule has 0 radical (unpaired) electrons. The smallest absolute Gasteiger partial charge is 0.235 e. The molecule has 5 nitrogen and oxygen atoms in total. The molecule has 2 aromatic heterocycles. The van der Waals surface area contributed by atoms with Gasteiger partial charge in [-0.1, -0.05) is 46.3 Å². The maximum Gasteiger partial charge on any atom is 0.235 e. The SMILES string of the molecule is CCc1nc2sc([C@@H](c3cccc(Br)c3)[NH+]3CCCC3)c(O)n2n1. The van der Waals surface area contributed by atoms with Crippen LogP contribution in [-0.4, -0.2) is 32.8 Å². The monoisotopic (exact) mass is 407 g/mol. The first-order valence-electron chi connectivity index (χ1n) is 8.34. The molecule has 0 spiro atoms. The van der Waals surface area contributed by atoms with Crippen LogP contribution >= 0.6 is 27.3 Å². The predicted molar refractivity (Wildman–Crippen MR) is 97.8 cm³/mol. The summed E-state index contributed by atoms with van der Waals surface area (Å²) in [7, 11) is 0. The van der Waals surface area contributed by atoms with Crippen LogP contribution in [0.4, 0.5) is 0 Å². The van der Waals surface area contributed by atoms with E-state index in [4.69, 9.17) is 0 Å². The lowest BCUT2D eigenvalue weighted by Gasteiger charge is -2.24. The maximum absolute atomic E-state index is 10.8. The summed E-state index contributed by atoms with van der Waals surface area (Å²) < 4.78 is 2.66. The van der Waals surface area contributed by atoms with Gasteiger partial charge in [0.1, 0.15) is 4.88 Å². The van der Waals surface area contributed by atoms with Gasteiger partial charge in [-0.3, -0.25) is 0 Å². The fourth-order valence-electron chi connectivity index (χ4n) is 3.50. The van der Waals surface area contributed by atoms with Crippen LogP contribution in [0.1, 0.15) is 42.1 Å². The largest absolute Gasteiger partial charge is 0.492 e. The highest BCUT2D eigenvalue weighted by molar-refractivity contribution is 9.10. The number of aromatic hydroxyl groups is 1. The van der Waals surface area contributed by atoms with Crippen molar-refractivity contribution in [3.8, 4) is 5.88 Å². The number of aryl methyl sites for hydroxylation is 1. The number of aromatic nitrogens is 3. The van der Waals surface area contributed by atoms with Gasteiger partial charge in [-0.25, -0.2) is 4.98 Å². The zero-order valence-corrected chi connectivity index (χ0v) is 15.9. The van der Waals surface area contributed by atoms with Crippen molar-refractivity contribution in [2.45, 2.75) is 32.2 Å². The number of hydrogen-bond acceptors (Lipinski definition) is 4. The van der Waals surface area contributed by atoms with Gasteiger partial charge >= 0.3 is 0 Å². The lowest BCUT2D eigenvalue weighted by Crippen LogP contribution is -3.10. The Balaban J connectivity index is 1.83. The Morgan fingerprint density at radius 3 is 2.83 bits per heavy atom. The van der Waals surface area contributed by atoms with Gasteiger partial charge in [0, 0.05) is 29.3 Å². The summed E-state index contributed by atoms with van der Waals surface area (Å²) in [6.07, 6.45) is 3.25. The number of hydrogen-bond donors (Lipinski definition) is 2. The van der Waals surface area contributed by atoms with Crippen molar-refractivity contribution in [1.29, 1.82) is 0 Å². The Morgan fingerprint density at radius 1 is 1.38 bits per heavy atom. The average molecular weight is 408 g/mol. The molecule has 2 N–H and O–H groups in total. The molecule has 4 rings (SSSR count). The second kappa shape index (κ2) is 6.46. The molecule has 3 aromatic rings. The van der Waals surface area contributed by atoms with E-state index in [1.54, 1.807) is 15.9 Å². The third kappa shape index (κ3) is 2.74. The predicted octanol–water partition coefficient (Wildman–Crippen LogP) is 2.59. The molecule has 1 fully saturated rings. The molecule has 1 aromatic carbocycles. The topological polar surface area (TPSA) is 54.9 Å². The standard InChI is InChI=1S/C17H19BrN4OS/c1-2-13-19-17-22(20-13)16(23)15(24-17)14(21-8-3-4-9-21)11-6-5-7-12(18)10-11/h5-7,10,14,23H,2-4,8-9H2,1H3/p+1/t14-/m1/s1. The van der Waals surface area contributed by atoms with Crippen molar-refractivity contribution in [3.63, 3.8) is 0 Å². The summed E-state index contributed by atoms with van der Waals surface area (Å²) in [6, 6.07) is 8.53. The minimum atomic E-state index is 0.128. The molecular weight excluding hydrogens is 388 g/mol. The van der Waals surface area contributed by atoms with Gasteiger partial charge in [0.2, 0.25) is 10.8 Å². The number of halogens is 1. The molecule has 1 atom stereocenters. The Morgan fingerprint density at radius 2 is 2.17 bits per heavy atom. The lowest BCUT2D eigenvalue weighted by atomic mass is 10.0. The van der Waals surface area contributed by atoms with Crippen LogP contribution in [0, 0.1) is 0 Å². The van der Waals surface area contributed by atoms with Gasteiger partial charge in [0.25, 0.3) is 0 Å². The molecule has 0 saturated carbocycles. The molecule has 1 saturated heterocycles. The van der Waals surface area contributed by atoms with Gasteiger partial charge < -0.3 is 10.0 Å². The molecular formula is C17H20BrN4OS+. The van der Waals surface area contributed by atoms with Crippen molar-refractivity contribution in [2.75, 3.05) is 13.1 Å². The highest BCUT2D eigenvalue weighted by Gasteiger charge is 2.34. The number of thiazole rings is 1. The van der Waals surface area contributed by atoms with Crippen molar-refractivity contribution < 1.29 is 10.0 Å². The van der Waals surface area contributed by atoms with Crippen molar-refractivity contribution >= 4 is 32.2 Å². The van der Waals surface area contributed by atoms with E-state index in [1.807, 2.05) is 13.0 Å². The summed E-state index contributed by atoms with van der Waals surface area (Å²) in [5.41, 5.74) is 1.22. The second-order valence-electron chi connectivity index (χ2n) is 6.22. The van der Waals surface area contributed by atoms with Crippen LogP contribution in [0.3, 0.4) is 0 Å². The molecule has 1 aliphatic rings. The van der Waals surface area contributed by atoms with Crippen molar-refractivity contribution in [1.82, 2.24) is 14.6 Å². The molecule has 0 amide bonds. The summed E-state index contributed by atoms with van der Waals surface area (Å²) >= 11 is 5.14. The summed E-state index contributed by atoms with van der Waals surface area (Å²) in [5, 5.41) is 15.2. The number of fused-ring (bicyclic) bond motifs is 1. The molecule has 0 unspecified atom stereocenters. The summed E-state index contributed by atoms with van der Waals surface area (Å²) in [4.78, 5) is 7.76. The molecule has 1 aliphatic heterocycles. The summed E-state index contributed by atoms with van der Waals surface area (Å²) in [5.74, 6) is 1.02. The zero-order chi connectivity index (χ0) is 16.7. The molecule has 24 heavy (non-hydrogen) atoms. The molecule has 126 valence electrons. The normalized spacial score (nSPS) is 16.9. The minimum absolute atomic E-state index is 0.128. The van der Waals surface area contributed by atoms with Crippen LogP contribution in [0.15, 0.2) is 28.7 Å². The van der Waals surface area contributed by atoms with Crippen LogP contribution in [0.5, 0.6) is 5.88 Å². The fraction of sp³-hybridized carbons (Fsp3) is 0.412. The van der Waals surface area contributed by atoms with Crippen molar-refractivity contribution in [3.05, 3.63) is 45.0 Å². The highest BCUT2D eigenvalue weighted by Crippen LogP contribution is 2.35. The highest BCUT2D eigenvalue weighted by atomic mass is 79.9. The quantitative estimate of drug-likeness (QED) is 0.698. The van der Waals surface area contributed by atoms with E-state index in [2.05, 4.69) is 44.2 Å². The number of rotatable bonds is 4. The third-order valence-corrected chi connectivity index (χ3v) is 6.24. The Hall–Kier alpha value is -1.44. The third-order valence-electron chi connectivity index (χ3n) is 4.66. The fourth-order valence-corrected chi connectivity index (χ4v) is 5.08. The Kier molecular flexibility index (Phi) is 4.32. The van der Waals surface area contributed by atoms with Gasteiger partial charge in [0.15, 0.2) is 11.9 Å². The van der Waals surface area contributed by atoms with E-state index in [9.17, 15) is 5.11 Å². The van der Waals surface area contributed by atoms with Gasteiger partial charge in [-0.2, -0.15) is 4.52 Å². The van der Waals surface area contributed by atoms with Gasteiger partial charge in [0.05, 0.1) is 13.1 Å². The molecule has 0 bridgehead atoms. The number of nitrogens with one attached hydrogen (secondary N) is 1. The molecule has 0 aliphatic carbocycles. The molecule has 7 heteroatoms. The first-order chi connectivity index (χ1) is 11.7. The number of benzene rings is 1. The lowest BCUT2D eigenvalue weighted by molar-refractivity contribution is -0.913. The Bertz CT molecular complexity index is 869. The number of nitrogens with zero attached hydrogens (tertiary/aromatic N) is 3. The van der Waals surface area contributed by atoms with E-state index in [0.717, 1.165) is 39.6 Å². The Labute approximate surface area is 153 Å². The van der Waals surface area contributed by atoms with Crippen LogP contribution < -0.4 is 4.90 Å². The van der Waals surface area contributed by atoms with Crippen LogP contribution in [0.2, 0.25) is 0 Å². The van der Waals surface area contributed by atoms with E-state index >= 15 is 0 Å². The molecule has 3 heterocycles. The second-order valence-corrected chi connectivity index (χ2v) is 8.14. The minimum Gasteiger partial charge on any atom is -0.492 e. The first kappa shape index (κ1) is 16.1. The maximum atomic E-state index is 10.8. The van der Waals surface area contributed by atoms with E-state index in [-0.39, 0.29) is 11.9 Å². The van der Waals surface area contributed by atoms with E-state index in [0.29, 0.717) is 0 Å². The number of likely N-dealkylation sites (tertiary alicyclic amines) is 1. The van der Waals surface area contributed by atoms with Crippen LogP contribution in [0.25, 0.3) is 4.96 Å². The van der Waals surface area contributed by atoms with Gasteiger partial charge in [-0.15, -0.1) is 5.10 Å². The van der Waals surface area contributed by atoms with Gasteiger partial charge in [-0.05, 0) is 12.1 Å². The summed E-state index contributed by atoms with van der Waals surface area (Å²) in [6.45, 7) is 4.28.